The van der Waals surface area contributed by atoms with Crippen LogP contribution in [0.3, 0.4) is 0 Å². The van der Waals surface area contributed by atoms with Crippen LogP contribution in [0.1, 0.15) is 24.2 Å². The predicted molar refractivity (Wildman–Crippen MR) is 76.0 cm³/mol. The van der Waals surface area contributed by atoms with Gasteiger partial charge in [0.2, 0.25) is 0 Å². The third kappa shape index (κ3) is 3.33. The van der Waals surface area contributed by atoms with E-state index in [1.54, 1.807) is 38.1 Å². The van der Waals surface area contributed by atoms with Gasteiger partial charge in [0.1, 0.15) is 17.3 Å². The zero-order valence-electron chi connectivity index (χ0n) is 10.7. The van der Waals surface area contributed by atoms with Crippen LogP contribution in [-0.4, -0.2) is 5.11 Å². The van der Waals surface area contributed by atoms with Crippen molar-refractivity contribution in [2.75, 3.05) is 0 Å². The van der Waals surface area contributed by atoms with Crippen molar-refractivity contribution in [3.63, 3.8) is 0 Å². The van der Waals surface area contributed by atoms with Gasteiger partial charge in [-0.15, -0.1) is 0 Å². The first-order chi connectivity index (χ1) is 8.97. The van der Waals surface area contributed by atoms with Crippen LogP contribution < -0.4 is 4.74 Å². The maximum atomic E-state index is 13.0. The Balaban J connectivity index is 2.26. The molecule has 19 heavy (non-hydrogen) atoms. The lowest BCUT2D eigenvalue weighted by Gasteiger charge is -2.12. The van der Waals surface area contributed by atoms with Crippen molar-refractivity contribution in [3.8, 4) is 11.5 Å². The van der Waals surface area contributed by atoms with Crippen LogP contribution in [0.2, 0.25) is 0 Å². The fraction of sp³-hybridized carbons (Fsp3) is 0.200. The molecule has 0 bridgehead atoms. The van der Waals surface area contributed by atoms with Crippen molar-refractivity contribution in [2.24, 2.45) is 0 Å². The van der Waals surface area contributed by atoms with Gasteiger partial charge in [-0.25, -0.2) is 4.39 Å². The molecular weight excluding hydrogens is 311 g/mol. The molecule has 0 saturated carbocycles. The topological polar surface area (TPSA) is 29.5 Å². The molecule has 0 unspecified atom stereocenters. The molecule has 2 aromatic carbocycles. The monoisotopic (exact) mass is 324 g/mol. The molecule has 0 aromatic heterocycles. The Morgan fingerprint density at radius 1 is 1.21 bits per heavy atom. The van der Waals surface area contributed by atoms with E-state index in [-0.39, 0.29) is 5.82 Å². The van der Waals surface area contributed by atoms with Gasteiger partial charge >= 0.3 is 0 Å². The number of aliphatic hydroxyl groups excluding tert-OH is 1. The zero-order chi connectivity index (χ0) is 14.0. The summed E-state index contributed by atoms with van der Waals surface area (Å²) in [6, 6.07) is 9.74. The summed E-state index contributed by atoms with van der Waals surface area (Å²) in [6.07, 6.45) is -0.545. The number of rotatable bonds is 3. The number of halogens is 2. The van der Waals surface area contributed by atoms with Crippen LogP contribution >= 0.6 is 15.9 Å². The summed E-state index contributed by atoms with van der Waals surface area (Å²) < 4.78 is 19.5. The van der Waals surface area contributed by atoms with E-state index in [0.29, 0.717) is 11.5 Å². The van der Waals surface area contributed by atoms with Gasteiger partial charge in [-0.05, 0) is 55.3 Å². The van der Waals surface area contributed by atoms with E-state index < -0.39 is 6.10 Å². The minimum absolute atomic E-state index is 0.282. The highest BCUT2D eigenvalue weighted by molar-refractivity contribution is 9.10. The first-order valence-corrected chi connectivity index (χ1v) is 6.68. The Bertz CT molecular complexity index is 597. The molecule has 0 aliphatic carbocycles. The molecule has 0 aliphatic heterocycles. The van der Waals surface area contributed by atoms with E-state index in [1.165, 1.54) is 12.1 Å². The van der Waals surface area contributed by atoms with Crippen LogP contribution in [0.15, 0.2) is 40.9 Å². The zero-order valence-corrected chi connectivity index (χ0v) is 12.2. The molecule has 0 radical (unpaired) electrons. The van der Waals surface area contributed by atoms with Crippen molar-refractivity contribution in [1.29, 1.82) is 0 Å². The number of ether oxygens (including phenoxy) is 1. The summed E-state index contributed by atoms with van der Waals surface area (Å²) in [6.45, 7) is 3.49. The van der Waals surface area contributed by atoms with Gasteiger partial charge in [-0.2, -0.15) is 0 Å². The van der Waals surface area contributed by atoms with Crippen molar-refractivity contribution in [3.05, 3.63) is 57.8 Å². The Hall–Kier alpha value is -1.39. The molecule has 4 heteroatoms. The minimum Gasteiger partial charge on any atom is -0.457 e. The molecule has 2 nitrogen and oxygen atoms in total. The SMILES string of the molecule is Cc1cc(F)ccc1Oc1ccc([C@H](C)O)c(Br)c1. The highest BCUT2D eigenvalue weighted by Crippen LogP contribution is 2.31. The van der Waals surface area contributed by atoms with Gasteiger partial charge in [-0.3, -0.25) is 0 Å². The number of aliphatic hydroxyl groups is 1. The molecule has 0 fully saturated rings. The summed E-state index contributed by atoms with van der Waals surface area (Å²) in [5, 5.41) is 9.55. The second-order valence-electron chi connectivity index (χ2n) is 4.37. The van der Waals surface area contributed by atoms with Crippen LogP contribution in [0.5, 0.6) is 11.5 Å². The largest absolute Gasteiger partial charge is 0.457 e. The Kier molecular flexibility index (Phi) is 4.22. The van der Waals surface area contributed by atoms with Crippen LogP contribution in [-0.2, 0) is 0 Å². The molecule has 100 valence electrons. The van der Waals surface area contributed by atoms with E-state index in [9.17, 15) is 9.50 Å². The van der Waals surface area contributed by atoms with Crippen LogP contribution in [0.25, 0.3) is 0 Å². The fourth-order valence-corrected chi connectivity index (χ4v) is 2.45. The number of aryl methyl sites for hydroxylation is 1. The second kappa shape index (κ2) is 5.72. The van der Waals surface area contributed by atoms with Gasteiger partial charge in [-0.1, -0.05) is 22.0 Å². The maximum absolute atomic E-state index is 13.0. The number of hydrogen-bond donors (Lipinski definition) is 1. The Morgan fingerprint density at radius 2 is 1.95 bits per heavy atom. The van der Waals surface area contributed by atoms with Crippen molar-refractivity contribution >= 4 is 15.9 Å². The average molecular weight is 325 g/mol. The molecule has 2 rings (SSSR count). The molecule has 0 amide bonds. The summed E-state index contributed by atoms with van der Waals surface area (Å²) in [5.74, 6) is 0.958. The molecule has 0 saturated heterocycles. The van der Waals surface area contributed by atoms with Gasteiger partial charge in [0.25, 0.3) is 0 Å². The van der Waals surface area contributed by atoms with E-state index in [0.717, 1.165) is 15.6 Å². The average Bonchev–Trinajstić information content (AvgIpc) is 2.32. The maximum Gasteiger partial charge on any atom is 0.130 e. The molecule has 1 atom stereocenters. The lowest BCUT2D eigenvalue weighted by Crippen LogP contribution is -1.94. The van der Waals surface area contributed by atoms with E-state index in [4.69, 9.17) is 4.74 Å². The normalized spacial score (nSPS) is 12.3. The lowest BCUT2D eigenvalue weighted by molar-refractivity contribution is 0.198. The third-order valence-electron chi connectivity index (χ3n) is 2.79. The van der Waals surface area contributed by atoms with E-state index >= 15 is 0 Å². The lowest BCUT2D eigenvalue weighted by atomic mass is 10.1. The predicted octanol–water partition coefficient (Wildman–Crippen LogP) is 4.74. The minimum atomic E-state index is -0.545. The Labute approximate surface area is 120 Å². The number of benzene rings is 2. The smallest absolute Gasteiger partial charge is 0.130 e. The summed E-state index contributed by atoms with van der Waals surface area (Å²) in [4.78, 5) is 0. The molecule has 2 aromatic rings. The van der Waals surface area contributed by atoms with Gasteiger partial charge in [0.05, 0.1) is 6.10 Å². The summed E-state index contributed by atoms with van der Waals surface area (Å²) in [7, 11) is 0. The molecular formula is C15H14BrFO2. The number of hydrogen-bond acceptors (Lipinski definition) is 2. The quantitative estimate of drug-likeness (QED) is 0.883. The van der Waals surface area contributed by atoms with Gasteiger partial charge in [0, 0.05) is 4.47 Å². The highest BCUT2D eigenvalue weighted by atomic mass is 79.9. The van der Waals surface area contributed by atoms with Crippen LogP contribution in [0.4, 0.5) is 4.39 Å². The van der Waals surface area contributed by atoms with Crippen molar-refractivity contribution < 1.29 is 14.2 Å². The molecule has 0 heterocycles. The summed E-state index contributed by atoms with van der Waals surface area (Å²) >= 11 is 3.39. The standard InChI is InChI=1S/C15H14BrFO2/c1-9-7-11(17)3-6-15(9)19-12-4-5-13(10(2)18)14(16)8-12/h3-8,10,18H,1-2H3/t10-/m0/s1. The van der Waals surface area contributed by atoms with Gasteiger partial charge < -0.3 is 9.84 Å². The van der Waals surface area contributed by atoms with Gasteiger partial charge in [0.15, 0.2) is 0 Å². The van der Waals surface area contributed by atoms with E-state index in [1.807, 2.05) is 0 Å². The van der Waals surface area contributed by atoms with Crippen LogP contribution in [0, 0.1) is 12.7 Å². The van der Waals surface area contributed by atoms with Crippen molar-refractivity contribution in [1.82, 2.24) is 0 Å². The molecule has 0 aliphatic rings. The Morgan fingerprint density at radius 3 is 2.53 bits per heavy atom. The highest BCUT2D eigenvalue weighted by Gasteiger charge is 2.08. The first kappa shape index (κ1) is 14.0. The van der Waals surface area contributed by atoms with Crippen molar-refractivity contribution in [2.45, 2.75) is 20.0 Å². The molecule has 1 N–H and O–H groups in total. The second-order valence-corrected chi connectivity index (χ2v) is 5.23. The van der Waals surface area contributed by atoms with E-state index in [2.05, 4.69) is 15.9 Å². The third-order valence-corrected chi connectivity index (χ3v) is 3.47. The first-order valence-electron chi connectivity index (χ1n) is 5.89. The molecule has 0 spiro atoms. The fourth-order valence-electron chi connectivity index (χ4n) is 1.76. The summed E-state index contributed by atoms with van der Waals surface area (Å²) in [5.41, 5.74) is 1.53.